The van der Waals surface area contributed by atoms with Crippen LogP contribution in [0.3, 0.4) is 0 Å². The van der Waals surface area contributed by atoms with Crippen molar-refractivity contribution < 1.29 is 14.3 Å². The van der Waals surface area contributed by atoms with E-state index in [9.17, 15) is 9.59 Å². The number of carbonyl (C=O) groups excluding carboxylic acids is 2. The minimum absolute atomic E-state index is 0.0640. The largest absolute Gasteiger partial charge is 0.462 e. The van der Waals surface area contributed by atoms with Crippen molar-refractivity contribution >= 4 is 28.2 Å². The fourth-order valence-corrected chi connectivity index (χ4v) is 4.03. The Bertz CT molecular complexity index is 583. The average molecular weight is 338 g/mol. The van der Waals surface area contributed by atoms with Gasteiger partial charge in [0.2, 0.25) is 5.91 Å². The molecule has 0 aliphatic carbocycles. The molecule has 23 heavy (non-hydrogen) atoms. The molecule has 128 valence electrons. The van der Waals surface area contributed by atoms with Gasteiger partial charge in [0.05, 0.1) is 18.7 Å². The van der Waals surface area contributed by atoms with Gasteiger partial charge in [-0.05, 0) is 51.6 Å². The number of hydrogen-bond donors (Lipinski definition) is 1. The monoisotopic (exact) mass is 338 g/mol. The molecule has 2 heterocycles. The molecule has 0 spiro atoms. The molecule has 0 saturated carbocycles. The first kappa shape index (κ1) is 17.9. The van der Waals surface area contributed by atoms with Crippen molar-refractivity contribution in [3.05, 3.63) is 16.0 Å². The van der Waals surface area contributed by atoms with Crippen LogP contribution in [0.15, 0.2) is 0 Å². The number of carbonyl (C=O) groups is 2. The fraction of sp³-hybridized carbons (Fsp3) is 0.647. The summed E-state index contributed by atoms with van der Waals surface area (Å²) in [6.07, 6.45) is 2.37. The number of thiophene rings is 1. The number of anilines is 1. The van der Waals surface area contributed by atoms with Gasteiger partial charge < -0.3 is 10.1 Å². The second-order valence-electron chi connectivity index (χ2n) is 6.24. The van der Waals surface area contributed by atoms with E-state index in [1.54, 1.807) is 6.92 Å². The third-order valence-electron chi connectivity index (χ3n) is 4.23. The predicted molar refractivity (Wildman–Crippen MR) is 93.2 cm³/mol. The van der Waals surface area contributed by atoms with Gasteiger partial charge in [0.25, 0.3) is 0 Å². The Kier molecular flexibility index (Phi) is 6.18. The molecule has 6 heteroatoms. The second kappa shape index (κ2) is 7.93. The fourth-order valence-electron chi connectivity index (χ4n) is 2.96. The summed E-state index contributed by atoms with van der Waals surface area (Å²) in [5.41, 5.74) is 1.38. The van der Waals surface area contributed by atoms with Gasteiger partial charge in [0.1, 0.15) is 5.00 Å². The van der Waals surface area contributed by atoms with E-state index >= 15 is 0 Å². The summed E-state index contributed by atoms with van der Waals surface area (Å²) >= 11 is 1.43. The summed E-state index contributed by atoms with van der Waals surface area (Å²) in [6, 6.07) is 0. The van der Waals surface area contributed by atoms with E-state index in [1.807, 2.05) is 13.8 Å². The molecular formula is C17H26N2O3S. The molecular weight excluding hydrogens is 312 g/mol. The topological polar surface area (TPSA) is 58.6 Å². The first-order valence-electron chi connectivity index (χ1n) is 8.21. The maximum atomic E-state index is 12.3. The van der Waals surface area contributed by atoms with Crippen LogP contribution in [0.25, 0.3) is 0 Å². The van der Waals surface area contributed by atoms with E-state index in [-0.39, 0.29) is 11.9 Å². The molecule has 1 aromatic rings. The number of nitrogens with zero attached hydrogens (tertiary/aromatic N) is 1. The normalized spacial score (nSPS) is 18.7. The van der Waals surface area contributed by atoms with Crippen LogP contribution in [-0.4, -0.2) is 43.0 Å². The summed E-state index contributed by atoms with van der Waals surface area (Å²) in [5, 5.41) is 3.52. The Morgan fingerprint density at radius 3 is 2.78 bits per heavy atom. The average Bonchev–Trinajstić information content (AvgIpc) is 2.73. The molecule has 1 fully saturated rings. The van der Waals surface area contributed by atoms with E-state index in [0.29, 0.717) is 29.6 Å². The highest BCUT2D eigenvalue weighted by molar-refractivity contribution is 7.16. The second-order valence-corrected chi connectivity index (χ2v) is 7.46. The van der Waals surface area contributed by atoms with E-state index in [4.69, 9.17) is 4.74 Å². The van der Waals surface area contributed by atoms with Gasteiger partial charge >= 0.3 is 5.97 Å². The number of likely N-dealkylation sites (tertiary alicyclic amines) is 1. The summed E-state index contributed by atoms with van der Waals surface area (Å²) < 4.78 is 5.11. The minimum atomic E-state index is -0.365. The highest BCUT2D eigenvalue weighted by atomic mass is 32.1. The number of nitrogens with one attached hydrogen (secondary N) is 1. The van der Waals surface area contributed by atoms with Gasteiger partial charge in [-0.2, -0.15) is 0 Å². The molecule has 2 rings (SSSR count). The third kappa shape index (κ3) is 4.54. The van der Waals surface area contributed by atoms with Crippen molar-refractivity contribution in [2.75, 3.05) is 31.6 Å². The molecule has 1 aliphatic heterocycles. The zero-order valence-corrected chi connectivity index (χ0v) is 15.2. The third-order valence-corrected chi connectivity index (χ3v) is 5.35. The lowest BCUT2D eigenvalue weighted by Crippen LogP contribution is -2.39. The number of piperidine rings is 1. The van der Waals surface area contributed by atoms with Crippen molar-refractivity contribution in [1.82, 2.24) is 4.90 Å². The Hall–Kier alpha value is -1.40. The predicted octanol–water partition coefficient (Wildman–Crippen LogP) is 3.21. The lowest BCUT2D eigenvalue weighted by molar-refractivity contribution is -0.117. The van der Waals surface area contributed by atoms with Gasteiger partial charge in [-0.25, -0.2) is 4.79 Å². The molecule has 5 nitrogen and oxygen atoms in total. The summed E-state index contributed by atoms with van der Waals surface area (Å²) in [7, 11) is 0. The van der Waals surface area contributed by atoms with E-state index in [1.165, 1.54) is 17.8 Å². The van der Waals surface area contributed by atoms with Crippen LogP contribution in [0.5, 0.6) is 0 Å². The number of rotatable bonds is 5. The first-order chi connectivity index (χ1) is 10.9. The molecule has 0 aromatic carbocycles. The maximum Gasteiger partial charge on any atom is 0.341 e. The van der Waals surface area contributed by atoms with Crippen LogP contribution in [0, 0.1) is 19.8 Å². The Labute approximate surface area is 142 Å². The van der Waals surface area contributed by atoms with Crippen molar-refractivity contribution in [2.45, 2.75) is 40.5 Å². The molecule has 1 saturated heterocycles. The van der Waals surface area contributed by atoms with Crippen LogP contribution in [0.1, 0.15) is 47.5 Å². The van der Waals surface area contributed by atoms with Gasteiger partial charge in [-0.3, -0.25) is 9.69 Å². The van der Waals surface area contributed by atoms with Crippen LogP contribution >= 0.6 is 11.3 Å². The molecule has 1 aromatic heterocycles. The number of aryl methyl sites for hydroxylation is 1. The zero-order valence-electron chi connectivity index (χ0n) is 14.4. The van der Waals surface area contributed by atoms with Crippen molar-refractivity contribution in [2.24, 2.45) is 5.92 Å². The van der Waals surface area contributed by atoms with Crippen LogP contribution in [-0.2, 0) is 9.53 Å². The Balaban J connectivity index is 2.05. The lowest BCUT2D eigenvalue weighted by Gasteiger charge is -2.30. The van der Waals surface area contributed by atoms with Crippen LogP contribution in [0.4, 0.5) is 5.00 Å². The first-order valence-corrected chi connectivity index (χ1v) is 9.03. The van der Waals surface area contributed by atoms with Crippen LogP contribution < -0.4 is 5.32 Å². The highest BCUT2D eigenvalue weighted by Gasteiger charge is 2.23. The molecule has 1 amide bonds. The van der Waals surface area contributed by atoms with Gasteiger partial charge in [-0.1, -0.05) is 6.92 Å². The number of ether oxygens (including phenoxy) is 1. The standard InChI is InChI=1S/C17H26N2O3S/c1-5-22-17(21)15-12(3)13(4)23-16(15)18-14(20)10-19-8-6-7-11(2)9-19/h11H,5-10H2,1-4H3,(H,18,20)/t11-/m0/s1. The van der Waals surface area contributed by atoms with Crippen molar-refractivity contribution in [1.29, 1.82) is 0 Å². The Morgan fingerprint density at radius 2 is 2.13 bits per heavy atom. The Morgan fingerprint density at radius 1 is 1.39 bits per heavy atom. The molecule has 0 radical (unpaired) electrons. The van der Waals surface area contributed by atoms with Gasteiger partial charge in [0.15, 0.2) is 0 Å². The lowest BCUT2D eigenvalue weighted by atomic mass is 10.0. The summed E-state index contributed by atoms with van der Waals surface area (Å²) in [5.74, 6) is 0.208. The zero-order chi connectivity index (χ0) is 17.0. The molecule has 1 atom stereocenters. The highest BCUT2D eigenvalue weighted by Crippen LogP contribution is 2.33. The van der Waals surface area contributed by atoms with Gasteiger partial charge in [0, 0.05) is 11.4 Å². The molecule has 1 aliphatic rings. The molecule has 1 N–H and O–H groups in total. The molecule has 0 bridgehead atoms. The van der Waals surface area contributed by atoms with Crippen molar-refractivity contribution in [3.8, 4) is 0 Å². The minimum Gasteiger partial charge on any atom is -0.462 e. The number of hydrogen-bond acceptors (Lipinski definition) is 5. The van der Waals surface area contributed by atoms with E-state index in [2.05, 4.69) is 17.1 Å². The van der Waals surface area contributed by atoms with Gasteiger partial charge in [-0.15, -0.1) is 11.3 Å². The number of esters is 1. The SMILES string of the molecule is CCOC(=O)c1c(NC(=O)CN2CCC[C@H](C)C2)sc(C)c1C. The van der Waals surface area contributed by atoms with E-state index < -0.39 is 0 Å². The van der Waals surface area contributed by atoms with Crippen LogP contribution in [0.2, 0.25) is 0 Å². The smallest absolute Gasteiger partial charge is 0.341 e. The maximum absolute atomic E-state index is 12.3. The van der Waals surface area contributed by atoms with Crippen molar-refractivity contribution in [3.63, 3.8) is 0 Å². The number of amides is 1. The summed E-state index contributed by atoms with van der Waals surface area (Å²) in [4.78, 5) is 27.7. The van der Waals surface area contributed by atoms with E-state index in [0.717, 1.165) is 30.0 Å². The summed E-state index contributed by atoms with van der Waals surface area (Å²) in [6.45, 7) is 10.5. The quantitative estimate of drug-likeness (QED) is 0.838. The molecule has 0 unspecified atom stereocenters.